The molecular weight excluding hydrogens is 255 g/mol. The highest BCUT2D eigenvalue weighted by atomic mass is 32.2. The van der Waals surface area contributed by atoms with E-state index in [1.54, 1.807) is 0 Å². The Morgan fingerprint density at radius 1 is 1.39 bits per heavy atom. The first-order chi connectivity index (χ1) is 8.38. The fourth-order valence-corrected chi connectivity index (χ4v) is 3.67. The first-order valence-corrected chi connectivity index (χ1v) is 7.44. The molecule has 0 amide bonds. The van der Waals surface area contributed by atoms with E-state index >= 15 is 0 Å². The fraction of sp³-hybridized carbons (Fsp3) is 0.500. The molecule has 4 nitrogen and oxygen atoms in total. The lowest BCUT2D eigenvalue weighted by Crippen LogP contribution is -2.33. The Hall–Kier alpha value is -1.14. The van der Waals surface area contributed by atoms with Crippen molar-refractivity contribution in [2.75, 3.05) is 5.73 Å². The van der Waals surface area contributed by atoms with E-state index in [4.69, 9.17) is 5.73 Å². The monoisotopic (exact) mass is 272 g/mol. The zero-order valence-electron chi connectivity index (χ0n) is 10.2. The normalized spacial score (nSPS) is 24.3. The first-order valence-electron chi connectivity index (χ1n) is 5.96. The van der Waals surface area contributed by atoms with Crippen molar-refractivity contribution >= 4 is 15.7 Å². The van der Waals surface area contributed by atoms with Gasteiger partial charge in [-0.25, -0.2) is 17.5 Å². The maximum Gasteiger partial charge on any atom is 0.243 e. The number of rotatable bonds is 3. The summed E-state index contributed by atoms with van der Waals surface area (Å²) in [5.74, 6) is -0.303. The summed E-state index contributed by atoms with van der Waals surface area (Å²) in [6.07, 6.45) is 2.60. The zero-order chi connectivity index (χ0) is 13.3. The molecule has 6 heteroatoms. The van der Waals surface area contributed by atoms with Crippen molar-refractivity contribution in [2.45, 2.75) is 37.1 Å². The Bertz CT molecular complexity index is 545. The summed E-state index contributed by atoms with van der Waals surface area (Å²) in [5, 5.41) is 0. The van der Waals surface area contributed by atoms with Gasteiger partial charge in [-0.15, -0.1) is 0 Å². The molecule has 1 aliphatic carbocycles. The van der Waals surface area contributed by atoms with Gasteiger partial charge in [0.15, 0.2) is 0 Å². The summed E-state index contributed by atoms with van der Waals surface area (Å²) in [6, 6.07) is 3.51. The highest BCUT2D eigenvalue weighted by Crippen LogP contribution is 2.26. The predicted octanol–water partition coefficient (Wildman–Crippen LogP) is 1.87. The predicted molar refractivity (Wildman–Crippen MR) is 67.9 cm³/mol. The van der Waals surface area contributed by atoms with Crippen LogP contribution in [0.5, 0.6) is 0 Å². The van der Waals surface area contributed by atoms with Crippen LogP contribution in [0.3, 0.4) is 0 Å². The Morgan fingerprint density at radius 2 is 2.11 bits per heavy atom. The summed E-state index contributed by atoms with van der Waals surface area (Å²) in [4.78, 5) is -0.337. The third-order valence-corrected chi connectivity index (χ3v) is 4.82. The average molecular weight is 272 g/mol. The third-order valence-electron chi connectivity index (χ3n) is 3.26. The summed E-state index contributed by atoms with van der Waals surface area (Å²) in [7, 11) is -3.80. The zero-order valence-corrected chi connectivity index (χ0v) is 11.0. The van der Waals surface area contributed by atoms with Crippen molar-refractivity contribution in [2.24, 2.45) is 5.92 Å². The number of nitrogen functional groups attached to an aromatic ring is 1. The molecule has 1 saturated carbocycles. The second-order valence-corrected chi connectivity index (χ2v) is 6.61. The highest BCUT2D eigenvalue weighted by Gasteiger charge is 2.27. The number of anilines is 1. The molecule has 1 aromatic carbocycles. The maximum atomic E-state index is 13.6. The van der Waals surface area contributed by atoms with Crippen LogP contribution in [0.25, 0.3) is 0 Å². The van der Waals surface area contributed by atoms with E-state index in [1.807, 2.05) is 0 Å². The molecule has 2 unspecified atom stereocenters. The lowest BCUT2D eigenvalue weighted by Gasteiger charge is -2.13. The molecule has 0 spiro atoms. The van der Waals surface area contributed by atoms with Crippen LogP contribution in [0.1, 0.15) is 26.2 Å². The van der Waals surface area contributed by atoms with E-state index in [0.717, 1.165) is 25.3 Å². The van der Waals surface area contributed by atoms with E-state index < -0.39 is 15.8 Å². The minimum Gasteiger partial charge on any atom is -0.399 e. The van der Waals surface area contributed by atoms with Gasteiger partial charge >= 0.3 is 0 Å². The number of nitrogens with one attached hydrogen (secondary N) is 1. The van der Waals surface area contributed by atoms with Crippen LogP contribution in [-0.2, 0) is 10.0 Å². The van der Waals surface area contributed by atoms with E-state index in [0.29, 0.717) is 5.92 Å². The molecule has 1 fully saturated rings. The van der Waals surface area contributed by atoms with E-state index in [9.17, 15) is 12.8 Å². The molecule has 18 heavy (non-hydrogen) atoms. The summed E-state index contributed by atoms with van der Waals surface area (Å²) in [6.45, 7) is 2.08. The van der Waals surface area contributed by atoms with Gasteiger partial charge in [0.2, 0.25) is 10.0 Å². The van der Waals surface area contributed by atoms with Crippen molar-refractivity contribution in [1.29, 1.82) is 0 Å². The Morgan fingerprint density at radius 3 is 2.67 bits per heavy atom. The molecule has 1 aromatic rings. The van der Waals surface area contributed by atoms with Crippen molar-refractivity contribution in [3.63, 3.8) is 0 Å². The second kappa shape index (κ2) is 4.85. The molecule has 0 heterocycles. The van der Waals surface area contributed by atoms with Gasteiger partial charge in [0.05, 0.1) is 0 Å². The molecule has 1 aliphatic rings. The standard InChI is InChI=1S/C12H17FN2O2S/c1-8-2-4-10(6-8)15-18(16,17)12-5-3-9(14)7-11(12)13/h3,5,7-8,10,15H,2,4,6,14H2,1H3. The maximum absolute atomic E-state index is 13.6. The Balaban J connectivity index is 2.20. The summed E-state index contributed by atoms with van der Waals surface area (Å²) < 4.78 is 40.2. The molecule has 2 rings (SSSR count). The van der Waals surface area contributed by atoms with Crippen LogP contribution in [-0.4, -0.2) is 14.5 Å². The minimum absolute atomic E-state index is 0.0954. The van der Waals surface area contributed by atoms with Crippen LogP contribution in [0.15, 0.2) is 23.1 Å². The van der Waals surface area contributed by atoms with E-state index in [-0.39, 0.29) is 16.6 Å². The van der Waals surface area contributed by atoms with Gasteiger partial charge < -0.3 is 5.73 Å². The molecule has 0 aromatic heterocycles. The molecule has 100 valence electrons. The summed E-state index contributed by atoms with van der Waals surface area (Å²) >= 11 is 0. The van der Waals surface area contributed by atoms with Gasteiger partial charge in [-0.2, -0.15) is 0 Å². The number of nitrogens with two attached hydrogens (primary N) is 1. The Labute approximate surface area is 106 Å². The van der Waals surface area contributed by atoms with E-state index in [2.05, 4.69) is 11.6 Å². The SMILES string of the molecule is CC1CCC(NS(=O)(=O)c2ccc(N)cc2F)C1. The van der Waals surface area contributed by atoms with E-state index in [1.165, 1.54) is 12.1 Å². The summed E-state index contributed by atoms with van der Waals surface area (Å²) in [5.41, 5.74) is 5.61. The fourth-order valence-electron chi connectivity index (χ4n) is 2.33. The molecule has 0 saturated heterocycles. The van der Waals surface area contributed by atoms with Gasteiger partial charge in [0, 0.05) is 11.7 Å². The number of benzene rings is 1. The number of sulfonamides is 1. The second-order valence-electron chi connectivity index (χ2n) is 4.93. The molecule has 0 bridgehead atoms. The number of hydrogen-bond acceptors (Lipinski definition) is 3. The van der Waals surface area contributed by atoms with Crippen molar-refractivity contribution in [3.05, 3.63) is 24.0 Å². The van der Waals surface area contributed by atoms with Gasteiger partial charge in [0.1, 0.15) is 10.7 Å². The Kier molecular flexibility index (Phi) is 3.59. The van der Waals surface area contributed by atoms with Crippen LogP contribution in [0.2, 0.25) is 0 Å². The average Bonchev–Trinajstić information content (AvgIpc) is 2.62. The molecule has 3 N–H and O–H groups in total. The van der Waals surface area contributed by atoms with Crippen LogP contribution in [0.4, 0.5) is 10.1 Å². The van der Waals surface area contributed by atoms with Gasteiger partial charge in [-0.05, 0) is 43.4 Å². The van der Waals surface area contributed by atoms with Gasteiger partial charge in [0.25, 0.3) is 0 Å². The largest absolute Gasteiger partial charge is 0.399 e. The van der Waals surface area contributed by atoms with Crippen LogP contribution >= 0.6 is 0 Å². The third kappa shape index (κ3) is 2.81. The molecule has 0 radical (unpaired) electrons. The van der Waals surface area contributed by atoms with Crippen molar-refractivity contribution < 1.29 is 12.8 Å². The molecule has 2 atom stereocenters. The quantitative estimate of drug-likeness (QED) is 0.825. The van der Waals surface area contributed by atoms with Crippen LogP contribution in [0, 0.1) is 11.7 Å². The number of hydrogen-bond donors (Lipinski definition) is 2. The lowest BCUT2D eigenvalue weighted by molar-refractivity contribution is 0.528. The molecule has 0 aliphatic heterocycles. The van der Waals surface area contributed by atoms with Gasteiger partial charge in [-0.1, -0.05) is 6.92 Å². The van der Waals surface area contributed by atoms with Crippen LogP contribution < -0.4 is 10.5 Å². The molecular formula is C12H17FN2O2S. The van der Waals surface area contributed by atoms with Crippen molar-refractivity contribution in [3.8, 4) is 0 Å². The smallest absolute Gasteiger partial charge is 0.243 e. The van der Waals surface area contributed by atoms with Gasteiger partial charge in [-0.3, -0.25) is 0 Å². The highest BCUT2D eigenvalue weighted by molar-refractivity contribution is 7.89. The first kappa shape index (κ1) is 13.3. The lowest BCUT2D eigenvalue weighted by atomic mass is 10.1. The number of halogens is 1. The minimum atomic E-state index is -3.80. The van der Waals surface area contributed by atoms with Crippen molar-refractivity contribution in [1.82, 2.24) is 4.72 Å². The topological polar surface area (TPSA) is 72.2 Å².